The van der Waals surface area contributed by atoms with Crippen LogP contribution < -0.4 is 33.2 Å². The third kappa shape index (κ3) is 12.6. The highest BCUT2D eigenvalue weighted by Gasteiger charge is 2.26. The summed E-state index contributed by atoms with van der Waals surface area (Å²) in [6.45, 7) is -0.608. The van der Waals surface area contributed by atoms with Crippen LogP contribution in [-0.2, 0) is 28.8 Å². The van der Waals surface area contributed by atoms with Crippen molar-refractivity contribution < 1.29 is 44.1 Å². The van der Waals surface area contributed by atoms with Crippen LogP contribution in [0.1, 0.15) is 25.7 Å². The number of hydrogen-bond donors (Lipinski definition) is 9. The van der Waals surface area contributed by atoms with E-state index in [1.807, 2.05) is 5.32 Å². The molecule has 0 heterocycles. The summed E-state index contributed by atoms with van der Waals surface area (Å²) in [5.74, 6) is -7.32. The zero-order valence-electron chi connectivity index (χ0n) is 16.9. The Balaban J connectivity index is 5.01. The van der Waals surface area contributed by atoms with E-state index in [4.69, 9.17) is 32.5 Å². The number of carbonyl (C=O) groups excluding carboxylic acids is 3. The van der Waals surface area contributed by atoms with Crippen LogP contribution >= 0.6 is 0 Å². The first-order valence-corrected chi connectivity index (χ1v) is 9.18. The summed E-state index contributed by atoms with van der Waals surface area (Å²) < 4.78 is 0. The zero-order chi connectivity index (χ0) is 24.8. The summed E-state index contributed by atoms with van der Waals surface area (Å²) in [5, 5.41) is 32.7. The molecule has 3 amide bonds. The molecule has 180 valence electrons. The molecular weight excluding hydrogens is 434 g/mol. The number of amides is 3. The van der Waals surface area contributed by atoms with E-state index in [2.05, 4.69) is 15.6 Å². The van der Waals surface area contributed by atoms with Gasteiger partial charge in [0.25, 0.3) is 0 Å². The van der Waals surface area contributed by atoms with E-state index in [0.717, 1.165) is 0 Å². The lowest BCUT2D eigenvalue weighted by atomic mass is 10.1. The lowest BCUT2D eigenvalue weighted by molar-refractivity contribution is -0.147. The molecule has 12 N–H and O–H groups in total. The first-order valence-electron chi connectivity index (χ1n) is 9.18. The summed E-state index contributed by atoms with van der Waals surface area (Å²) >= 11 is 0. The summed E-state index contributed by atoms with van der Waals surface area (Å²) in [6, 6.07) is -4.38. The quantitative estimate of drug-likeness (QED) is 0.0633. The van der Waals surface area contributed by atoms with Crippen LogP contribution in [0.25, 0.3) is 0 Å². The van der Waals surface area contributed by atoms with Crippen molar-refractivity contribution in [1.82, 2.24) is 16.0 Å². The van der Waals surface area contributed by atoms with Crippen molar-refractivity contribution in [2.45, 2.75) is 43.8 Å². The number of guanidine groups is 1. The maximum Gasteiger partial charge on any atom is 0.326 e. The van der Waals surface area contributed by atoms with Crippen LogP contribution in [0, 0.1) is 0 Å². The summed E-state index contributed by atoms with van der Waals surface area (Å²) in [5.41, 5.74) is 15.8. The SMILES string of the molecule is NC(N)=NCCC[C@H](NC(=O)[C@@H](N)CC(=O)O)C(=O)NCC(=O)N[C@@H](CC(=O)O)C(=O)O. The maximum absolute atomic E-state index is 12.4. The molecule has 0 unspecified atom stereocenters. The molecule has 0 aliphatic rings. The Morgan fingerprint density at radius 3 is 1.94 bits per heavy atom. The number of hydrogen-bond acceptors (Lipinski definition) is 8. The van der Waals surface area contributed by atoms with Gasteiger partial charge in [0, 0.05) is 6.54 Å². The fourth-order valence-corrected chi connectivity index (χ4v) is 2.24. The van der Waals surface area contributed by atoms with E-state index in [0.29, 0.717) is 0 Å². The lowest BCUT2D eigenvalue weighted by Gasteiger charge is -2.20. The molecule has 16 heteroatoms. The molecule has 0 aromatic carbocycles. The molecular formula is C16H27N7O9. The molecule has 16 nitrogen and oxygen atoms in total. The molecule has 0 bridgehead atoms. The average molecular weight is 461 g/mol. The largest absolute Gasteiger partial charge is 0.481 e. The number of nitrogens with one attached hydrogen (secondary N) is 3. The predicted molar refractivity (Wildman–Crippen MR) is 107 cm³/mol. The van der Waals surface area contributed by atoms with E-state index in [1.54, 1.807) is 0 Å². The van der Waals surface area contributed by atoms with E-state index >= 15 is 0 Å². The molecule has 0 aromatic rings. The molecule has 0 aromatic heterocycles. The minimum atomic E-state index is -1.71. The van der Waals surface area contributed by atoms with Gasteiger partial charge in [-0.3, -0.25) is 29.0 Å². The van der Waals surface area contributed by atoms with Crippen LogP contribution in [-0.4, -0.2) is 88.1 Å². The predicted octanol–water partition coefficient (Wildman–Crippen LogP) is -4.51. The fraction of sp³-hybridized carbons (Fsp3) is 0.562. The van der Waals surface area contributed by atoms with Gasteiger partial charge >= 0.3 is 17.9 Å². The van der Waals surface area contributed by atoms with Crippen LogP contribution in [0.3, 0.4) is 0 Å². The van der Waals surface area contributed by atoms with Gasteiger partial charge in [-0.25, -0.2) is 4.79 Å². The first kappa shape index (κ1) is 28.0. The summed E-state index contributed by atoms with van der Waals surface area (Å²) in [6.07, 6.45) is -1.35. The Kier molecular flexibility index (Phi) is 12.4. The summed E-state index contributed by atoms with van der Waals surface area (Å²) in [7, 11) is 0. The van der Waals surface area contributed by atoms with Gasteiger partial charge in [-0.15, -0.1) is 0 Å². The van der Waals surface area contributed by atoms with Crippen LogP contribution in [0.2, 0.25) is 0 Å². The van der Waals surface area contributed by atoms with Crippen molar-refractivity contribution in [3.8, 4) is 0 Å². The fourth-order valence-electron chi connectivity index (χ4n) is 2.24. The van der Waals surface area contributed by atoms with E-state index in [-0.39, 0.29) is 25.3 Å². The van der Waals surface area contributed by atoms with Gasteiger partial charge in [-0.1, -0.05) is 0 Å². The van der Waals surface area contributed by atoms with Gasteiger partial charge in [0.2, 0.25) is 17.7 Å². The molecule has 0 radical (unpaired) electrons. The molecule has 32 heavy (non-hydrogen) atoms. The van der Waals surface area contributed by atoms with Crippen molar-refractivity contribution in [2.75, 3.05) is 13.1 Å². The lowest BCUT2D eigenvalue weighted by Crippen LogP contribution is -2.53. The molecule has 0 aliphatic heterocycles. The smallest absolute Gasteiger partial charge is 0.326 e. The Morgan fingerprint density at radius 1 is 0.844 bits per heavy atom. The number of carboxylic acid groups (broad SMARTS) is 3. The van der Waals surface area contributed by atoms with Gasteiger partial charge in [-0.2, -0.15) is 0 Å². The van der Waals surface area contributed by atoms with Crippen molar-refractivity contribution in [1.29, 1.82) is 0 Å². The molecule has 0 saturated carbocycles. The van der Waals surface area contributed by atoms with Gasteiger partial charge in [0.1, 0.15) is 12.1 Å². The minimum absolute atomic E-state index is 0.00741. The number of carbonyl (C=O) groups is 6. The van der Waals surface area contributed by atoms with Crippen LogP contribution in [0.5, 0.6) is 0 Å². The normalized spacial score (nSPS) is 13.0. The number of carboxylic acids is 3. The van der Waals surface area contributed by atoms with Crippen LogP contribution in [0.15, 0.2) is 4.99 Å². The first-order chi connectivity index (χ1) is 14.8. The van der Waals surface area contributed by atoms with Crippen molar-refractivity contribution >= 4 is 41.6 Å². The average Bonchev–Trinajstić information content (AvgIpc) is 2.66. The van der Waals surface area contributed by atoms with Gasteiger partial charge < -0.3 is 48.5 Å². The third-order valence-electron chi connectivity index (χ3n) is 3.74. The Bertz CT molecular complexity index is 752. The number of rotatable bonds is 15. The van der Waals surface area contributed by atoms with Gasteiger partial charge in [-0.05, 0) is 12.8 Å². The summed E-state index contributed by atoms with van der Waals surface area (Å²) in [4.78, 5) is 72.3. The number of nitrogens with zero attached hydrogens (tertiary/aromatic N) is 1. The Morgan fingerprint density at radius 2 is 1.44 bits per heavy atom. The standard InChI is InChI=1S/C16H27N7O9/c17-7(4-11(25)26)13(29)23-8(2-1-3-20-16(18)19)14(30)21-6-10(24)22-9(15(31)32)5-12(27)28/h7-9H,1-6,17H2,(H,21,30)(H,22,24)(H,23,29)(H,25,26)(H,27,28)(H,31,32)(H4,18,19,20)/t7-,8-,9-/m0/s1. The van der Waals surface area contributed by atoms with Crippen molar-refractivity contribution in [3.05, 3.63) is 0 Å². The Labute approximate surface area is 181 Å². The zero-order valence-corrected chi connectivity index (χ0v) is 16.9. The molecule has 0 saturated heterocycles. The van der Waals surface area contributed by atoms with E-state index < -0.39 is 73.1 Å². The minimum Gasteiger partial charge on any atom is -0.481 e. The topological polar surface area (TPSA) is 290 Å². The van der Waals surface area contributed by atoms with Gasteiger partial charge in [0.05, 0.1) is 25.4 Å². The van der Waals surface area contributed by atoms with Crippen molar-refractivity contribution in [2.24, 2.45) is 22.2 Å². The van der Waals surface area contributed by atoms with E-state index in [9.17, 15) is 28.8 Å². The highest BCUT2D eigenvalue weighted by atomic mass is 16.4. The monoisotopic (exact) mass is 461 g/mol. The van der Waals surface area contributed by atoms with Gasteiger partial charge in [0.15, 0.2) is 5.96 Å². The number of nitrogens with two attached hydrogens (primary N) is 3. The highest BCUT2D eigenvalue weighted by Crippen LogP contribution is 2.01. The molecule has 0 aliphatic carbocycles. The van der Waals surface area contributed by atoms with E-state index in [1.165, 1.54) is 0 Å². The molecule has 3 atom stereocenters. The number of aliphatic carboxylic acids is 3. The molecule has 0 rings (SSSR count). The second kappa shape index (κ2) is 14.1. The second-order valence-electron chi connectivity index (χ2n) is 6.49. The molecule has 0 fully saturated rings. The Hall–Kier alpha value is -3.95. The third-order valence-corrected chi connectivity index (χ3v) is 3.74. The highest BCUT2D eigenvalue weighted by molar-refractivity contribution is 5.93. The maximum atomic E-state index is 12.4. The van der Waals surface area contributed by atoms with Crippen LogP contribution in [0.4, 0.5) is 0 Å². The number of aliphatic imine (C=N–C) groups is 1. The van der Waals surface area contributed by atoms with Crippen molar-refractivity contribution in [3.63, 3.8) is 0 Å². The second-order valence-corrected chi connectivity index (χ2v) is 6.49. The molecule has 0 spiro atoms.